The van der Waals surface area contributed by atoms with Gasteiger partial charge in [0.15, 0.2) is 11.5 Å². The number of rotatable bonds is 9. The number of hydrogen-bond acceptors (Lipinski definition) is 6. The van der Waals surface area contributed by atoms with Gasteiger partial charge < -0.3 is 20.1 Å². The van der Waals surface area contributed by atoms with Gasteiger partial charge in [0.2, 0.25) is 0 Å². The number of amides is 1. The minimum Gasteiger partial charge on any atom is -0.475 e. The smallest absolute Gasteiger partial charge is 0.271 e. The van der Waals surface area contributed by atoms with E-state index in [1.165, 1.54) is 25.5 Å². The molecule has 0 bridgehead atoms. The molecule has 1 aromatic heterocycles. The molecule has 2 heterocycles. The molecule has 1 saturated carbocycles. The number of nitrogens with one attached hydrogen (secondary N) is 1. The summed E-state index contributed by atoms with van der Waals surface area (Å²) in [6.45, 7) is 6.56. The average molecular weight is 377 g/mol. The Bertz CT molecular complexity index is 628. The van der Waals surface area contributed by atoms with Gasteiger partial charge in [0.1, 0.15) is 0 Å². The number of ether oxygens (including phenoxy) is 1. The maximum atomic E-state index is 12.6. The average Bonchev–Trinajstić information content (AvgIpc) is 3.50. The predicted octanol–water partition coefficient (Wildman–Crippen LogP) is 2.39. The van der Waals surface area contributed by atoms with Gasteiger partial charge in [-0.1, -0.05) is 13.8 Å². The number of aliphatic hydroxyl groups excluding tert-OH is 1. The molecule has 0 radical (unpaired) electrons. The second-order valence-corrected chi connectivity index (χ2v) is 8.17. The summed E-state index contributed by atoms with van der Waals surface area (Å²) in [7, 11) is 0. The Labute approximate surface area is 161 Å². The molecule has 2 aliphatic rings. The number of nitrogens with zero attached hydrogens (tertiary/aromatic N) is 3. The molecule has 2 fully saturated rings. The lowest BCUT2D eigenvalue weighted by molar-refractivity contribution is 0.0901. The summed E-state index contributed by atoms with van der Waals surface area (Å²) in [5, 5.41) is 12.4. The van der Waals surface area contributed by atoms with Crippen LogP contribution in [0, 0.1) is 11.8 Å². The lowest BCUT2D eigenvalue weighted by Crippen LogP contribution is -2.39. The number of hydrogen-bond donors (Lipinski definition) is 2. The standard InChI is InChI=1S/C20H32N4O3/c1-14(2)10-16(12-25)22-19(26)17-11-21-18(24-8-4-3-5-9-24)20(23-17)27-13-15-6-7-15/h11,14-16,25H,3-10,12-13H2,1-2H3,(H,22,26)/t16-/m0/s1. The number of carbonyl (C=O) groups excluding carboxylic acids is 1. The SMILES string of the molecule is CC(C)C[C@@H](CO)NC(=O)c1cnc(N2CCCCC2)c(OCC2CC2)n1. The first-order chi connectivity index (χ1) is 13.1. The molecule has 2 N–H and O–H groups in total. The van der Waals surface area contributed by atoms with Gasteiger partial charge in [-0.25, -0.2) is 9.97 Å². The quantitative estimate of drug-likeness (QED) is 0.688. The largest absolute Gasteiger partial charge is 0.475 e. The van der Waals surface area contributed by atoms with Gasteiger partial charge in [-0.2, -0.15) is 0 Å². The van der Waals surface area contributed by atoms with Crippen LogP contribution in [-0.4, -0.2) is 53.3 Å². The fourth-order valence-corrected chi connectivity index (χ4v) is 3.38. The molecule has 1 aromatic rings. The Kier molecular flexibility index (Phi) is 6.88. The summed E-state index contributed by atoms with van der Waals surface area (Å²) < 4.78 is 5.96. The molecule has 7 nitrogen and oxygen atoms in total. The van der Waals surface area contributed by atoms with Crippen molar-refractivity contribution in [3.05, 3.63) is 11.9 Å². The van der Waals surface area contributed by atoms with E-state index in [0.717, 1.165) is 31.7 Å². The lowest BCUT2D eigenvalue weighted by Gasteiger charge is -2.28. The highest BCUT2D eigenvalue weighted by Crippen LogP contribution is 2.32. The predicted molar refractivity (Wildman–Crippen MR) is 104 cm³/mol. The number of anilines is 1. The first-order valence-corrected chi connectivity index (χ1v) is 10.2. The normalized spacial score (nSPS) is 18.4. The highest BCUT2D eigenvalue weighted by Gasteiger charge is 2.26. The molecule has 0 unspecified atom stereocenters. The van der Waals surface area contributed by atoms with Crippen molar-refractivity contribution in [3.63, 3.8) is 0 Å². The van der Waals surface area contributed by atoms with Crippen molar-refractivity contribution in [1.29, 1.82) is 0 Å². The number of aliphatic hydroxyl groups is 1. The third kappa shape index (κ3) is 5.79. The van der Waals surface area contributed by atoms with Gasteiger partial charge in [0.25, 0.3) is 11.8 Å². The van der Waals surface area contributed by atoms with E-state index in [0.29, 0.717) is 30.7 Å². The Balaban J connectivity index is 1.74. The third-order valence-corrected chi connectivity index (χ3v) is 5.07. The van der Waals surface area contributed by atoms with Crippen molar-refractivity contribution in [3.8, 4) is 5.88 Å². The molecule has 1 saturated heterocycles. The summed E-state index contributed by atoms with van der Waals surface area (Å²) >= 11 is 0. The lowest BCUT2D eigenvalue weighted by atomic mass is 10.0. The van der Waals surface area contributed by atoms with Gasteiger partial charge >= 0.3 is 0 Å². The van der Waals surface area contributed by atoms with E-state index < -0.39 is 0 Å². The number of piperidine rings is 1. The van der Waals surface area contributed by atoms with E-state index in [4.69, 9.17) is 4.74 Å². The maximum Gasteiger partial charge on any atom is 0.271 e. The Morgan fingerprint density at radius 3 is 2.70 bits per heavy atom. The van der Waals surface area contributed by atoms with E-state index in [2.05, 4.69) is 34.0 Å². The number of carbonyl (C=O) groups is 1. The minimum absolute atomic E-state index is 0.0890. The van der Waals surface area contributed by atoms with Crippen LogP contribution in [0.2, 0.25) is 0 Å². The Morgan fingerprint density at radius 1 is 1.33 bits per heavy atom. The molecule has 27 heavy (non-hydrogen) atoms. The van der Waals surface area contributed by atoms with Gasteiger partial charge in [-0.05, 0) is 50.4 Å². The molecule has 1 aliphatic carbocycles. The van der Waals surface area contributed by atoms with Gasteiger partial charge in [0, 0.05) is 13.1 Å². The first kappa shape index (κ1) is 19.9. The van der Waals surface area contributed by atoms with Crippen LogP contribution >= 0.6 is 0 Å². The van der Waals surface area contributed by atoms with Gasteiger partial charge in [-0.15, -0.1) is 0 Å². The molecule has 3 rings (SSSR count). The Morgan fingerprint density at radius 2 is 2.07 bits per heavy atom. The van der Waals surface area contributed by atoms with E-state index >= 15 is 0 Å². The summed E-state index contributed by atoms with van der Waals surface area (Å²) in [5.41, 5.74) is 0.240. The molecule has 150 valence electrons. The fraction of sp³-hybridized carbons (Fsp3) is 0.750. The zero-order valence-corrected chi connectivity index (χ0v) is 16.5. The highest BCUT2D eigenvalue weighted by atomic mass is 16.5. The van der Waals surface area contributed by atoms with E-state index in [1.54, 1.807) is 0 Å². The van der Waals surface area contributed by atoms with Gasteiger partial charge in [-0.3, -0.25) is 4.79 Å². The summed E-state index contributed by atoms with van der Waals surface area (Å²) in [6, 6.07) is -0.281. The molecule has 7 heteroatoms. The zero-order valence-electron chi connectivity index (χ0n) is 16.5. The van der Waals surface area contributed by atoms with Crippen LogP contribution in [0.3, 0.4) is 0 Å². The Hall–Kier alpha value is -1.89. The van der Waals surface area contributed by atoms with Crippen LogP contribution in [0.5, 0.6) is 5.88 Å². The van der Waals surface area contributed by atoms with Crippen molar-refractivity contribution < 1.29 is 14.6 Å². The summed E-state index contributed by atoms with van der Waals surface area (Å²) in [5.74, 6) is 1.87. The summed E-state index contributed by atoms with van der Waals surface area (Å²) in [4.78, 5) is 23.8. The van der Waals surface area contributed by atoms with E-state index in [1.807, 2.05) is 0 Å². The second-order valence-electron chi connectivity index (χ2n) is 8.17. The topological polar surface area (TPSA) is 87.6 Å². The van der Waals surface area contributed by atoms with Crippen LogP contribution < -0.4 is 15.0 Å². The molecule has 1 amide bonds. The summed E-state index contributed by atoms with van der Waals surface area (Å²) in [6.07, 6.45) is 8.14. The molecule has 0 aromatic carbocycles. The molecule has 0 spiro atoms. The van der Waals surface area contributed by atoms with Crippen molar-refractivity contribution >= 4 is 11.7 Å². The van der Waals surface area contributed by atoms with E-state index in [-0.39, 0.29) is 24.2 Å². The van der Waals surface area contributed by atoms with Crippen LogP contribution in [0.1, 0.15) is 62.9 Å². The van der Waals surface area contributed by atoms with Crippen LogP contribution in [0.4, 0.5) is 5.82 Å². The highest BCUT2D eigenvalue weighted by molar-refractivity contribution is 5.92. The van der Waals surface area contributed by atoms with Crippen molar-refractivity contribution in [1.82, 2.24) is 15.3 Å². The monoisotopic (exact) mass is 376 g/mol. The van der Waals surface area contributed by atoms with Crippen LogP contribution in [-0.2, 0) is 0 Å². The molecular weight excluding hydrogens is 344 g/mol. The first-order valence-electron chi connectivity index (χ1n) is 10.2. The van der Waals surface area contributed by atoms with E-state index in [9.17, 15) is 9.90 Å². The third-order valence-electron chi connectivity index (χ3n) is 5.07. The molecule has 1 atom stereocenters. The van der Waals surface area contributed by atoms with Gasteiger partial charge in [0.05, 0.1) is 25.5 Å². The maximum absolute atomic E-state index is 12.6. The molecule has 1 aliphatic heterocycles. The van der Waals surface area contributed by atoms with Crippen molar-refractivity contribution in [2.24, 2.45) is 11.8 Å². The minimum atomic E-state index is -0.316. The van der Waals surface area contributed by atoms with Crippen molar-refractivity contribution in [2.45, 2.75) is 58.4 Å². The second kappa shape index (κ2) is 9.35. The fourth-order valence-electron chi connectivity index (χ4n) is 3.38. The number of aromatic nitrogens is 2. The van der Waals surface area contributed by atoms with Crippen LogP contribution in [0.15, 0.2) is 6.20 Å². The van der Waals surface area contributed by atoms with Crippen LogP contribution in [0.25, 0.3) is 0 Å². The zero-order chi connectivity index (χ0) is 19.2. The van der Waals surface area contributed by atoms with Crippen molar-refractivity contribution in [2.75, 3.05) is 31.2 Å². The molecular formula is C20H32N4O3.